The molecule has 3 heterocycles. The predicted molar refractivity (Wildman–Crippen MR) is 114 cm³/mol. The van der Waals surface area contributed by atoms with Gasteiger partial charge in [-0.3, -0.25) is 14.0 Å². The molecule has 7 nitrogen and oxygen atoms in total. The molecule has 0 aliphatic carbocycles. The second-order valence-electron chi connectivity index (χ2n) is 6.83. The van der Waals surface area contributed by atoms with Crippen molar-refractivity contribution >= 4 is 38.5 Å². The SMILES string of the molecule is CCc1nn([C@@H](CC)C(=O)NCc2cccc(Br)c2)c(=O)c2cc3occc3n12. The van der Waals surface area contributed by atoms with Gasteiger partial charge >= 0.3 is 0 Å². The van der Waals surface area contributed by atoms with Crippen LogP contribution in [0.15, 0.2) is 56.3 Å². The Morgan fingerprint density at radius 3 is 2.79 bits per heavy atom. The number of nitrogens with one attached hydrogen (secondary N) is 1. The van der Waals surface area contributed by atoms with E-state index >= 15 is 0 Å². The molecule has 0 saturated heterocycles. The number of aryl methyl sites for hydroxylation is 1. The summed E-state index contributed by atoms with van der Waals surface area (Å²) >= 11 is 3.43. The molecule has 1 amide bonds. The summed E-state index contributed by atoms with van der Waals surface area (Å²) in [6.45, 7) is 4.22. The zero-order valence-electron chi connectivity index (χ0n) is 16.2. The molecule has 0 spiro atoms. The summed E-state index contributed by atoms with van der Waals surface area (Å²) in [4.78, 5) is 26.0. The first-order valence-electron chi connectivity index (χ1n) is 9.56. The van der Waals surface area contributed by atoms with E-state index in [1.54, 1.807) is 12.3 Å². The van der Waals surface area contributed by atoms with Gasteiger partial charge in [0.05, 0.1) is 11.8 Å². The third kappa shape index (κ3) is 3.48. The van der Waals surface area contributed by atoms with Crippen LogP contribution < -0.4 is 10.9 Å². The Morgan fingerprint density at radius 2 is 2.07 bits per heavy atom. The first kappa shape index (κ1) is 19.4. The van der Waals surface area contributed by atoms with Crippen LogP contribution in [0.2, 0.25) is 0 Å². The number of hydrogen-bond acceptors (Lipinski definition) is 4. The minimum atomic E-state index is -0.689. The molecule has 3 aromatic heterocycles. The fraction of sp³-hybridized carbons (Fsp3) is 0.286. The lowest BCUT2D eigenvalue weighted by molar-refractivity contribution is -0.125. The van der Waals surface area contributed by atoms with Crippen LogP contribution in [0.1, 0.15) is 37.7 Å². The number of fused-ring (bicyclic) bond motifs is 3. The third-order valence-corrected chi connectivity index (χ3v) is 5.48. The largest absolute Gasteiger partial charge is 0.463 e. The molecule has 0 fully saturated rings. The number of amides is 1. The van der Waals surface area contributed by atoms with Gasteiger partial charge in [-0.25, -0.2) is 4.68 Å². The number of carbonyl (C=O) groups excluding carboxylic acids is 1. The summed E-state index contributed by atoms with van der Waals surface area (Å²) in [6.07, 6.45) is 2.65. The summed E-state index contributed by atoms with van der Waals surface area (Å²) in [5.74, 6) is 0.470. The van der Waals surface area contributed by atoms with E-state index in [4.69, 9.17) is 4.42 Å². The molecule has 0 aliphatic rings. The first-order chi connectivity index (χ1) is 14.0. The molecule has 1 aromatic carbocycles. The van der Waals surface area contributed by atoms with Gasteiger partial charge in [-0.2, -0.15) is 5.10 Å². The zero-order valence-corrected chi connectivity index (χ0v) is 17.8. The van der Waals surface area contributed by atoms with Gasteiger partial charge in [0.15, 0.2) is 5.58 Å². The van der Waals surface area contributed by atoms with Crippen LogP contribution in [-0.4, -0.2) is 20.1 Å². The van der Waals surface area contributed by atoms with Crippen molar-refractivity contribution in [2.75, 3.05) is 0 Å². The number of nitrogens with zero attached hydrogens (tertiary/aromatic N) is 3. The highest BCUT2D eigenvalue weighted by molar-refractivity contribution is 9.10. The Balaban J connectivity index is 1.70. The monoisotopic (exact) mass is 456 g/mol. The lowest BCUT2D eigenvalue weighted by atomic mass is 10.2. The third-order valence-electron chi connectivity index (χ3n) is 4.99. The van der Waals surface area contributed by atoms with Crippen LogP contribution in [0.5, 0.6) is 0 Å². The average molecular weight is 457 g/mol. The second-order valence-corrected chi connectivity index (χ2v) is 7.74. The van der Waals surface area contributed by atoms with Crippen molar-refractivity contribution < 1.29 is 9.21 Å². The lowest BCUT2D eigenvalue weighted by Crippen LogP contribution is -2.39. The van der Waals surface area contributed by atoms with Gasteiger partial charge in [-0.1, -0.05) is 41.9 Å². The number of furan rings is 1. The van der Waals surface area contributed by atoms with Crippen molar-refractivity contribution in [2.45, 2.75) is 39.3 Å². The van der Waals surface area contributed by atoms with E-state index in [1.165, 1.54) is 4.68 Å². The van der Waals surface area contributed by atoms with E-state index in [0.717, 1.165) is 15.6 Å². The van der Waals surface area contributed by atoms with Crippen molar-refractivity contribution in [2.24, 2.45) is 0 Å². The number of halogens is 1. The summed E-state index contributed by atoms with van der Waals surface area (Å²) < 4.78 is 9.52. The highest BCUT2D eigenvalue weighted by atomic mass is 79.9. The minimum absolute atomic E-state index is 0.233. The smallest absolute Gasteiger partial charge is 0.291 e. The van der Waals surface area contributed by atoms with Gasteiger partial charge in [-0.05, 0) is 24.1 Å². The summed E-state index contributed by atoms with van der Waals surface area (Å²) in [7, 11) is 0. The number of rotatable bonds is 6. The molecule has 0 bridgehead atoms. The molecule has 0 saturated carbocycles. The van der Waals surface area contributed by atoms with Crippen LogP contribution in [0.4, 0.5) is 0 Å². The number of carbonyl (C=O) groups is 1. The molecule has 1 N–H and O–H groups in total. The van der Waals surface area contributed by atoms with E-state index < -0.39 is 6.04 Å². The highest BCUT2D eigenvalue weighted by Crippen LogP contribution is 2.21. The van der Waals surface area contributed by atoms with E-state index in [1.807, 2.05) is 48.6 Å². The highest BCUT2D eigenvalue weighted by Gasteiger charge is 2.24. The normalized spacial score (nSPS) is 12.5. The predicted octanol–water partition coefficient (Wildman–Crippen LogP) is 3.83. The van der Waals surface area contributed by atoms with Crippen LogP contribution in [0.25, 0.3) is 16.6 Å². The minimum Gasteiger partial charge on any atom is -0.463 e. The molecule has 1 atom stereocenters. The van der Waals surface area contributed by atoms with Gasteiger partial charge in [-0.15, -0.1) is 0 Å². The molecule has 0 radical (unpaired) electrons. The van der Waals surface area contributed by atoms with Crippen molar-refractivity contribution in [3.05, 3.63) is 68.9 Å². The lowest BCUT2D eigenvalue weighted by Gasteiger charge is -2.18. The molecule has 29 heavy (non-hydrogen) atoms. The van der Waals surface area contributed by atoms with Crippen LogP contribution >= 0.6 is 15.9 Å². The fourth-order valence-electron chi connectivity index (χ4n) is 3.56. The van der Waals surface area contributed by atoms with Gasteiger partial charge in [0.25, 0.3) is 5.56 Å². The molecule has 0 aliphatic heterocycles. The first-order valence-corrected chi connectivity index (χ1v) is 10.3. The molecule has 0 unspecified atom stereocenters. The Bertz CT molecular complexity index is 1250. The maximum absolute atomic E-state index is 13.1. The Labute approximate surface area is 175 Å². The molecule has 4 rings (SSSR count). The maximum atomic E-state index is 13.1. The molecular formula is C21H21BrN4O3. The zero-order chi connectivity index (χ0) is 20.5. The van der Waals surface area contributed by atoms with E-state index in [2.05, 4.69) is 26.3 Å². The van der Waals surface area contributed by atoms with E-state index in [9.17, 15) is 9.59 Å². The number of hydrogen-bond donors (Lipinski definition) is 1. The van der Waals surface area contributed by atoms with E-state index in [-0.39, 0.29) is 11.5 Å². The molecule has 150 valence electrons. The Morgan fingerprint density at radius 1 is 1.24 bits per heavy atom. The van der Waals surface area contributed by atoms with Gasteiger partial charge in [0.1, 0.15) is 17.4 Å². The Hall–Kier alpha value is -2.87. The standard InChI is InChI=1S/C21H21BrN4O3/c1-3-15(20(27)23-12-13-6-5-7-14(22)10-13)26-21(28)17-11-18-16(8-9-29-18)25(17)19(4-2)24-26/h5-11,15H,3-4,12H2,1-2H3,(H,23,27)/t15-/m0/s1. The molecule has 4 aromatic rings. The summed E-state index contributed by atoms with van der Waals surface area (Å²) in [5, 5.41) is 7.46. The number of aromatic nitrogens is 3. The quantitative estimate of drug-likeness (QED) is 0.477. The van der Waals surface area contributed by atoms with Crippen LogP contribution in [0.3, 0.4) is 0 Å². The number of benzene rings is 1. The van der Waals surface area contributed by atoms with Crippen molar-refractivity contribution in [3.63, 3.8) is 0 Å². The van der Waals surface area contributed by atoms with Gasteiger partial charge < -0.3 is 9.73 Å². The summed E-state index contributed by atoms with van der Waals surface area (Å²) in [6, 6.07) is 10.6. The average Bonchev–Trinajstić information content (AvgIpc) is 3.30. The summed E-state index contributed by atoms with van der Waals surface area (Å²) in [5.41, 5.74) is 2.56. The fourth-order valence-corrected chi connectivity index (χ4v) is 4.00. The van der Waals surface area contributed by atoms with E-state index in [0.29, 0.717) is 36.3 Å². The van der Waals surface area contributed by atoms with Crippen LogP contribution in [-0.2, 0) is 17.8 Å². The van der Waals surface area contributed by atoms with Gasteiger partial charge in [0, 0.05) is 29.6 Å². The van der Waals surface area contributed by atoms with Crippen molar-refractivity contribution in [1.29, 1.82) is 0 Å². The second kappa shape index (κ2) is 7.87. The molecular weight excluding hydrogens is 436 g/mol. The topological polar surface area (TPSA) is 81.5 Å². The van der Waals surface area contributed by atoms with Gasteiger partial charge in [0.2, 0.25) is 5.91 Å². The van der Waals surface area contributed by atoms with Crippen molar-refractivity contribution in [1.82, 2.24) is 19.5 Å². The Kier molecular flexibility index (Phi) is 5.27. The van der Waals surface area contributed by atoms with Crippen LogP contribution in [0, 0.1) is 0 Å². The van der Waals surface area contributed by atoms with Crippen molar-refractivity contribution in [3.8, 4) is 0 Å². The molecule has 8 heteroatoms. The maximum Gasteiger partial charge on any atom is 0.291 e.